The van der Waals surface area contributed by atoms with Gasteiger partial charge in [-0.25, -0.2) is 0 Å². The van der Waals surface area contributed by atoms with E-state index in [1.54, 1.807) is 13.0 Å². The molecule has 2 amide bonds. The third-order valence-corrected chi connectivity index (χ3v) is 4.16. The van der Waals surface area contributed by atoms with Gasteiger partial charge in [0.2, 0.25) is 5.91 Å². The lowest BCUT2D eigenvalue weighted by Crippen LogP contribution is -2.46. The first kappa shape index (κ1) is 15.0. The van der Waals surface area contributed by atoms with Crippen molar-refractivity contribution >= 4 is 27.7 Å². The van der Waals surface area contributed by atoms with Crippen molar-refractivity contribution in [2.24, 2.45) is 0 Å². The van der Waals surface area contributed by atoms with Gasteiger partial charge >= 0.3 is 0 Å². The average Bonchev–Trinajstić information content (AvgIpc) is 2.91. The minimum absolute atomic E-state index is 0.000848. The van der Waals surface area contributed by atoms with Crippen molar-refractivity contribution in [2.75, 3.05) is 13.1 Å². The molecule has 108 valence electrons. The molecule has 0 radical (unpaired) electrons. The maximum absolute atomic E-state index is 12.2. The van der Waals surface area contributed by atoms with Crippen LogP contribution in [0, 0.1) is 6.92 Å². The Morgan fingerprint density at radius 3 is 2.55 bits per heavy atom. The molecule has 5 heteroatoms. The van der Waals surface area contributed by atoms with Crippen LogP contribution in [-0.2, 0) is 4.79 Å². The third kappa shape index (κ3) is 3.39. The van der Waals surface area contributed by atoms with E-state index >= 15 is 0 Å². The van der Waals surface area contributed by atoms with Gasteiger partial charge in [0.25, 0.3) is 5.91 Å². The van der Waals surface area contributed by atoms with E-state index in [2.05, 4.69) is 21.2 Å². The molecule has 1 aliphatic heterocycles. The van der Waals surface area contributed by atoms with Crippen molar-refractivity contribution in [1.29, 1.82) is 0 Å². The van der Waals surface area contributed by atoms with E-state index in [-0.39, 0.29) is 11.8 Å². The Bertz CT molecular complexity index is 525. The zero-order chi connectivity index (χ0) is 14.7. The highest BCUT2D eigenvalue weighted by Gasteiger charge is 2.25. The van der Waals surface area contributed by atoms with Gasteiger partial charge in [-0.15, -0.1) is 0 Å². The highest BCUT2D eigenvalue weighted by Crippen LogP contribution is 2.18. The minimum Gasteiger partial charge on any atom is -0.341 e. The summed E-state index contributed by atoms with van der Waals surface area (Å²) < 4.78 is 0.746. The first-order chi connectivity index (χ1) is 9.49. The summed E-state index contributed by atoms with van der Waals surface area (Å²) in [6, 6.07) is 5.05. The number of nitrogens with zero attached hydrogens (tertiary/aromatic N) is 1. The molecule has 1 aromatic rings. The van der Waals surface area contributed by atoms with Gasteiger partial charge < -0.3 is 10.2 Å². The summed E-state index contributed by atoms with van der Waals surface area (Å²) in [5.74, 6) is -0.226. The van der Waals surface area contributed by atoms with Crippen LogP contribution in [0.15, 0.2) is 22.7 Å². The zero-order valence-electron chi connectivity index (χ0n) is 11.8. The summed E-state index contributed by atoms with van der Waals surface area (Å²) in [5.41, 5.74) is 1.63. The molecule has 20 heavy (non-hydrogen) atoms. The van der Waals surface area contributed by atoms with E-state index in [4.69, 9.17) is 0 Å². The maximum Gasteiger partial charge on any atom is 0.253 e. The predicted molar refractivity (Wildman–Crippen MR) is 81.6 cm³/mol. The summed E-state index contributed by atoms with van der Waals surface area (Å²) in [6.07, 6.45) is 2.10. The predicted octanol–water partition coefficient (Wildman–Crippen LogP) is 2.50. The monoisotopic (exact) mass is 338 g/mol. The van der Waals surface area contributed by atoms with Crippen molar-refractivity contribution in [3.63, 3.8) is 0 Å². The molecule has 0 spiro atoms. The zero-order valence-corrected chi connectivity index (χ0v) is 13.4. The number of carbonyl (C=O) groups excluding carboxylic acids is 2. The fraction of sp³-hybridized carbons (Fsp3) is 0.467. The van der Waals surface area contributed by atoms with Gasteiger partial charge in [0.05, 0.1) is 5.56 Å². The number of nitrogens with one attached hydrogen (secondary N) is 1. The summed E-state index contributed by atoms with van der Waals surface area (Å²) in [6.45, 7) is 5.30. The first-order valence-electron chi connectivity index (χ1n) is 6.85. The molecule has 1 unspecified atom stereocenters. The Morgan fingerprint density at radius 2 is 1.95 bits per heavy atom. The summed E-state index contributed by atoms with van der Waals surface area (Å²) >= 11 is 3.38. The van der Waals surface area contributed by atoms with Crippen LogP contribution < -0.4 is 5.32 Å². The summed E-state index contributed by atoms with van der Waals surface area (Å²) in [7, 11) is 0. The Hall–Kier alpha value is -1.36. The molecule has 1 saturated heterocycles. The fourth-order valence-electron chi connectivity index (χ4n) is 2.35. The van der Waals surface area contributed by atoms with Gasteiger partial charge in [-0.1, -0.05) is 6.07 Å². The molecule has 1 aromatic carbocycles. The van der Waals surface area contributed by atoms with Crippen LogP contribution in [0.3, 0.4) is 0 Å². The Labute approximate surface area is 127 Å². The van der Waals surface area contributed by atoms with Gasteiger partial charge in [0.1, 0.15) is 6.04 Å². The van der Waals surface area contributed by atoms with E-state index in [1.165, 1.54) is 0 Å². The van der Waals surface area contributed by atoms with Gasteiger partial charge in [-0.2, -0.15) is 0 Å². The molecule has 1 fully saturated rings. The standard InChI is InChI=1S/C15H19BrN2O2/c1-10-5-6-12(13(16)9-10)14(19)17-11(2)15(20)18-7-3-4-8-18/h5-6,9,11H,3-4,7-8H2,1-2H3,(H,17,19). The van der Waals surface area contributed by atoms with Crippen LogP contribution in [0.1, 0.15) is 35.7 Å². The van der Waals surface area contributed by atoms with Gasteiger partial charge in [-0.3, -0.25) is 9.59 Å². The van der Waals surface area contributed by atoms with Crippen molar-refractivity contribution in [2.45, 2.75) is 32.7 Å². The van der Waals surface area contributed by atoms with E-state index in [0.29, 0.717) is 5.56 Å². The van der Waals surface area contributed by atoms with E-state index in [9.17, 15) is 9.59 Å². The quantitative estimate of drug-likeness (QED) is 0.920. The summed E-state index contributed by atoms with van der Waals surface area (Å²) in [5, 5.41) is 2.77. The number of rotatable bonds is 3. The van der Waals surface area contributed by atoms with Crippen molar-refractivity contribution in [1.82, 2.24) is 10.2 Å². The molecule has 2 rings (SSSR count). The van der Waals surface area contributed by atoms with Gasteiger partial charge in [-0.05, 0) is 60.3 Å². The smallest absolute Gasteiger partial charge is 0.253 e. The van der Waals surface area contributed by atoms with Crippen LogP contribution in [0.25, 0.3) is 0 Å². The molecule has 0 bridgehead atoms. The lowest BCUT2D eigenvalue weighted by atomic mass is 10.1. The Morgan fingerprint density at radius 1 is 1.30 bits per heavy atom. The number of likely N-dealkylation sites (tertiary alicyclic amines) is 1. The van der Waals surface area contributed by atoms with E-state index in [1.807, 2.05) is 24.0 Å². The molecular formula is C15H19BrN2O2. The molecule has 0 aliphatic carbocycles. The normalized spacial score (nSPS) is 16.1. The molecule has 1 atom stereocenters. The minimum atomic E-state index is -0.492. The third-order valence-electron chi connectivity index (χ3n) is 3.50. The lowest BCUT2D eigenvalue weighted by Gasteiger charge is -2.21. The van der Waals surface area contributed by atoms with E-state index in [0.717, 1.165) is 36.0 Å². The van der Waals surface area contributed by atoms with Crippen molar-refractivity contribution < 1.29 is 9.59 Å². The number of benzene rings is 1. The van der Waals surface area contributed by atoms with Crippen LogP contribution >= 0.6 is 15.9 Å². The molecule has 0 saturated carbocycles. The number of amides is 2. The first-order valence-corrected chi connectivity index (χ1v) is 7.64. The lowest BCUT2D eigenvalue weighted by molar-refractivity contribution is -0.131. The van der Waals surface area contributed by atoms with E-state index < -0.39 is 6.04 Å². The molecular weight excluding hydrogens is 320 g/mol. The largest absolute Gasteiger partial charge is 0.341 e. The SMILES string of the molecule is Cc1ccc(C(=O)NC(C)C(=O)N2CCCC2)c(Br)c1. The average molecular weight is 339 g/mol. The Balaban J connectivity index is 2.01. The second-order valence-corrected chi connectivity index (χ2v) is 6.07. The summed E-state index contributed by atoms with van der Waals surface area (Å²) in [4.78, 5) is 26.2. The van der Waals surface area contributed by atoms with Gasteiger partial charge in [0, 0.05) is 17.6 Å². The highest BCUT2D eigenvalue weighted by molar-refractivity contribution is 9.10. The second-order valence-electron chi connectivity index (χ2n) is 5.21. The van der Waals surface area contributed by atoms with Crippen LogP contribution in [0.5, 0.6) is 0 Å². The second kappa shape index (κ2) is 6.39. The number of carbonyl (C=O) groups is 2. The van der Waals surface area contributed by atoms with Crippen molar-refractivity contribution in [3.05, 3.63) is 33.8 Å². The van der Waals surface area contributed by atoms with Gasteiger partial charge in [0.15, 0.2) is 0 Å². The topological polar surface area (TPSA) is 49.4 Å². The number of hydrogen-bond donors (Lipinski definition) is 1. The molecule has 1 heterocycles. The highest BCUT2D eigenvalue weighted by atomic mass is 79.9. The maximum atomic E-state index is 12.2. The molecule has 0 aromatic heterocycles. The van der Waals surface area contributed by atoms with Crippen molar-refractivity contribution in [3.8, 4) is 0 Å². The number of hydrogen-bond acceptors (Lipinski definition) is 2. The molecule has 1 aliphatic rings. The molecule has 1 N–H and O–H groups in total. The number of halogens is 1. The fourth-order valence-corrected chi connectivity index (χ4v) is 3.03. The Kier molecular flexibility index (Phi) is 4.81. The van der Waals surface area contributed by atoms with Crippen LogP contribution in [0.4, 0.5) is 0 Å². The molecule has 4 nitrogen and oxygen atoms in total. The van der Waals surface area contributed by atoms with Crippen LogP contribution in [0.2, 0.25) is 0 Å². The number of aryl methyl sites for hydroxylation is 1. The van der Waals surface area contributed by atoms with Crippen LogP contribution in [-0.4, -0.2) is 35.8 Å².